The fourth-order valence-electron chi connectivity index (χ4n) is 4.65. The number of phenolic OH excluding ortho intramolecular Hbond substituents is 1. The van der Waals surface area contributed by atoms with Crippen LogP contribution < -0.4 is 10.6 Å². The smallest absolute Gasteiger partial charge is 0.239 e. The largest absolute Gasteiger partial charge is 0.508 e. The van der Waals surface area contributed by atoms with E-state index in [1.807, 2.05) is 29.6 Å². The highest BCUT2D eigenvalue weighted by Crippen LogP contribution is 2.28. The molecule has 3 heterocycles. The van der Waals surface area contributed by atoms with Gasteiger partial charge in [-0.2, -0.15) is 0 Å². The van der Waals surface area contributed by atoms with E-state index in [1.165, 1.54) is 0 Å². The van der Waals surface area contributed by atoms with E-state index >= 15 is 0 Å². The van der Waals surface area contributed by atoms with Crippen molar-refractivity contribution < 1.29 is 14.7 Å². The average molecular weight is 443 g/mol. The molecule has 2 amide bonds. The molecule has 2 aromatic rings. The van der Waals surface area contributed by atoms with Crippen LogP contribution in [0.4, 0.5) is 0 Å². The molecule has 166 valence electrons. The van der Waals surface area contributed by atoms with Crippen LogP contribution >= 0.6 is 11.3 Å². The number of rotatable bonds is 7. The van der Waals surface area contributed by atoms with Gasteiger partial charge in [-0.15, -0.1) is 11.3 Å². The number of aromatic hydroxyl groups is 1. The van der Waals surface area contributed by atoms with E-state index in [2.05, 4.69) is 27.5 Å². The summed E-state index contributed by atoms with van der Waals surface area (Å²) in [5.74, 6) is 0.365. The van der Waals surface area contributed by atoms with Gasteiger partial charge >= 0.3 is 0 Å². The zero-order chi connectivity index (χ0) is 21.8. The maximum Gasteiger partial charge on any atom is 0.239 e. The average Bonchev–Trinajstić information content (AvgIpc) is 3.41. The lowest BCUT2D eigenvalue weighted by atomic mass is 10.0. The van der Waals surface area contributed by atoms with E-state index in [1.54, 1.807) is 23.5 Å². The zero-order valence-electron chi connectivity index (χ0n) is 17.8. The number of hydrogen-bond acceptors (Lipinski definition) is 6. The molecule has 0 saturated carbocycles. The third-order valence-corrected chi connectivity index (χ3v) is 7.29. The first-order valence-corrected chi connectivity index (χ1v) is 11.7. The summed E-state index contributed by atoms with van der Waals surface area (Å²) < 4.78 is 0. The minimum Gasteiger partial charge on any atom is -0.508 e. The van der Waals surface area contributed by atoms with Crippen molar-refractivity contribution in [3.05, 3.63) is 52.2 Å². The molecule has 2 aliphatic heterocycles. The third-order valence-electron chi connectivity index (χ3n) is 6.42. The van der Waals surface area contributed by atoms with Gasteiger partial charge in [0.2, 0.25) is 11.8 Å². The van der Waals surface area contributed by atoms with E-state index in [-0.39, 0.29) is 35.7 Å². The number of hydrogen-bond donors (Lipinski definition) is 3. The van der Waals surface area contributed by atoms with E-state index in [9.17, 15) is 14.7 Å². The van der Waals surface area contributed by atoms with Crippen molar-refractivity contribution in [2.75, 3.05) is 20.1 Å². The summed E-state index contributed by atoms with van der Waals surface area (Å²) in [5.41, 5.74) is 1.08. The number of likely N-dealkylation sites (tertiary alicyclic amines) is 1. The molecule has 0 unspecified atom stereocenters. The van der Waals surface area contributed by atoms with Crippen LogP contribution in [0.15, 0.2) is 41.8 Å². The molecule has 3 N–H and O–H groups in total. The SMILES string of the molecule is CN1[C@@H](CCC(=O)NCc2cccs2)CNC(=O)[C@@H]2[C@@H]1CCN2Cc1ccc(O)cc1. The Morgan fingerprint density at radius 1 is 1.29 bits per heavy atom. The van der Waals surface area contributed by atoms with Crippen LogP contribution in [0.1, 0.15) is 29.7 Å². The quantitative estimate of drug-likeness (QED) is 0.610. The highest BCUT2D eigenvalue weighted by molar-refractivity contribution is 7.09. The second-order valence-electron chi connectivity index (χ2n) is 8.40. The zero-order valence-corrected chi connectivity index (χ0v) is 18.6. The van der Waals surface area contributed by atoms with Gasteiger partial charge in [0.05, 0.1) is 6.54 Å². The monoisotopic (exact) mass is 442 g/mol. The molecule has 4 rings (SSSR count). The van der Waals surface area contributed by atoms with Crippen molar-refractivity contribution >= 4 is 23.2 Å². The first kappa shape index (κ1) is 21.8. The summed E-state index contributed by atoms with van der Waals surface area (Å²) in [6.07, 6.45) is 2.09. The number of carbonyl (C=O) groups excluding carboxylic acids is 2. The Kier molecular flexibility index (Phi) is 6.89. The molecular weight excluding hydrogens is 412 g/mol. The second-order valence-corrected chi connectivity index (χ2v) is 9.43. The first-order valence-electron chi connectivity index (χ1n) is 10.8. The van der Waals surface area contributed by atoms with Crippen molar-refractivity contribution in [3.63, 3.8) is 0 Å². The molecule has 0 radical (unpaired) electrons. The molecular formula is C23H30N4O3S. The molecule has 1 aromatic carbocycles. The van der Waals surface area contributed by atoms with Gasteiger partial charge in [0.25, 0.3) is 0 Å². The Hall–Kier alpha value is -2.42. The topological polar surface area (TPSA) is 84.9 Å². The standard InChI is InChI=1S/C23H30N4O3S/c1-26-17(6-9-21(29)24-14-19-3-2-12-31-19)13-25-23(30)22-20(26)10-11-27(22)15-16-4-7-18(28)8-5-16/h2-5,7-8,12,17,20,22,28H,6,9-11,13-15H2,1H3,(H,24,29)(H,25,30)/t17-,20-,22-/m0/s1. The Morgan fingerprint density at radius 2 is 2.10 bits per heavy atom. The third kappa shape index (κ3) is 5.26. The number of thiophene rings is 1. The van der Waals surface area contributed by atoms with Crippen LogP contribution in [0, 0.1) is 0 Å². The number of nitrogens with one attached hydrogen (secondary N) is 2. The maximum atomic E-state index is 12.9. The molecule has 7 nitrogen and oxygen atoms in total. The highest BCUT2D eigenvalue weighted by Gasteiger charge is 2.44. The summed E-state index contributed by atoms with van der Waals surface area (Å²) in [6, 6.07) is 11.2. The molecule has 2 fully saturated rings. The van der Waals surface area contributed by atoms with Gasteiger partial charge in [-0.3, -0.25) is 19.4 Å². The molecule has 0 bridgehead atoms. The van der Waals surface area contributed by atoms with Gasteiger partial charge in [0, 0.05) is 43.0 Å². The summed E-state index contributed by atoms with van der Waals surface area (Å²) in [5, 5.41) is 17.6. The van der Waals surface area contributed by atoms with E-state index in [0.29, 0.717) is 32.5 Å². The fraction of sp³-hybridized carbons (Fsp3) is 0.478. The predicted molar refractivity (Wildman–Crippen MR) is 121 cm³/mol. The van der Waals surface area contributed by atoms with Crippen molar-refractivity contribution in [1.82, 2.24) is 20.4 Å². The van der Waals surface area contributed by atoms with Crippen molar-refractivity contribution in [2.45, 2.75) is 50.5 Å². The van der Waals surface area contributed by atoms with Crippen molar-refractivity contribution in [2.24, 2.45) is 0 Å². The van der Waals surface area contributed by atoms with E-state index in [0.717, 1.165) is 23.4 Å². The minimum atomic E-state index is -0.198. The lowest BCUT2D eigenvalue weighted by molar-refractivity contribution is -0.126. The maximum absolute atomic E-state index is 12.9. The summed E-state index contributed by atoms with van der Waals surface area (Å²) in [7, 11) is 2.08. The molecule has 0 aliphatic carbocycles. The minimum absolute atomic E-state index is 0.0503. The van der Waals surface area contributed by atoms with Crippen LogP contribution in [-0.2, 0) is 22.7 Å². The van der Waals surface area contributed by atoms with Gasteiger partial charge in [-0.1, -0.05) is 18.2 Å². The summed E-state index contributed by atoms with van der Waals surface area (Å²) in [4.78, 5) is 30.9. The van der Waals surface area contributed by atoms with E-state index < -0.39 is 0 Å². The molecule has 8 heteroatoms. The predicted octanol–water partition coefficient (Wildman–Crippen LogP) is 1.92. The number of benzene rings is 1. The lowest BCUT2D eigenvalue weighted by Crippen LogP contribution is -2.49. The normalized spacial score (nSPS) is 24.4. The summed E-state index contributed by atoms with van der Waals surface area (Å²) in [6.45, 7) is 2.67. The molecule has 3 atom stereocenters. The Balaban J connectivity index is 1.33. The van der Waals surface area contributed by atoms with Crippen molar-refractivity contribution in [3.8, 4) is 5.75 Å². The molecule has 0 spiro atoms. The second kappa shape index (κ2) is 9.80. The first-order chi connectivity index (χ1) is 15.0. The molecule has 2 aliphatic rings. The summed E-state index contributed by atoms with van der Waals surface area (Å²) >= 11 is 1.64. The van der Waals surface area contributed by atoms with Crippen LogP contribution in [-0.4, -0.2) is 65.0 Å². The number of likely N-dealkylation sites (N-methyl/N-ethyl adjacent to an activating group) is 1. The Labute approximate surface area is 187 Å². The van der Waals surface area contributed by atoms with Gasteiger partial charge in [-0.05, 0) is 49.0 Å². The van der Waals surface area contributed by atoms with Crippen LogP contribution in [0.5, 0.6) is 5.75 Å². The number of nitrogens with zero attached hydrogens (tertiary/aromatic N) is 2. The van der Waals surface area contributed by atoms with Gasteiger partial charge in [0.1, 0.15) is 11.8 Å². The number of amides is 2. The van der Waals surface area contributed by atoms with Crippen LogP contribution in [0.25, 0.3) is 0 Å². The van der Waals surface area contributed by atoms with E-state index in [4.69, 9.17) is 0 Å². The molecule has 2 saturated heterocycles. The Morgan fingerprint density at radius 3 is 2.84 bits per heavy atom. The Bertz CT molecular complexity index is 887. The number of carbonyl (C=O) groups is 2. The molecule has 31 heavy (non-hydrogen) atoms. The number of fused-ring (bicyclic) bond motifs is 1. The number of phenols is 1. The lowest BCUT2D eigenvalue weighted by Gasteiger charge is -2.33. The fourth-order valence-corrected chi connectivity index (χ4v) is 5.29. The van der Waals surface area contributed by atoms with Gasteiger partial charge in [-0.25, -0.2) is 0 Å². The molecule has 1 aromatic heterocycles. The van der Waals surface area contributed by atoms with Gasteiger partial charge < -0.3 is 15.7 Å². The van der Waals surface area contributed by atoms with Crippen LogP contribution in [0.2, 0.25) is 0 Å². The van der Waals surface area contributed by atoms with Crippen LogP contribution in [0.3, 0.4) is 0 Å². The van der Waals surface area contributed by atoms with Crippen molar-refractivity contribution in [1.29, 1.82) is 0 Å². The highest BCUT2D eigenvalue weighted by atomic mass is 32.1. The van der Waals surface area contributed by atoms with Gasteiger partial charge in [0.15, 0.2) is 0 Å².